The monoisotopic (exact) mass is 227 g/mol. The minimum atomic E-state index is -3.20. The Morgan fingerprint density at radius 3 is 2.13 bits per heavy atom. The van der Waals surface area contributed by atoms with Gasteiger partial charge in [-0.05, 0) is 0 Å². The Hall–Kier alpha value is -1.37. The smallest absolute Gasteiger partial charge is 0.257 e. The Bertz CT molecular complexity index is 382. The lowest BCUT2D eigenvalue weighted by Crippen LogP contribution is -2.21. The average molecular weight is 227 g/mol. The normalized spacial score (nSPS) is 13.3. The van der Waals surface area contributed by atoms with Gasteiger partial charge < -0.3 is 10.8 Å². The highest BCUT2D eigenvalue weighted by Gasteiger charge is 2.28. The third kappa shape index (κ3) is 2.01. The Morgan fingerprint density at radius 2 is 1.67 bits per heavy atom. The molecule has 0 amide bonds. The lowest BCUT2D eigenvalue weighted by molar-refractivity contribution is 0.113. The highest BCUT2D eigenvalue weighted by molar-refractivity contribution is 5.37. The largest absolute Gasteiger partial charge is 0.507 e. The summed E-state index contributed by atoms with van der Waals surface area (Å²) in [5, 5.41) is 8.96. The predicted octanol–water partition coefficient (Wildman–Crippen LogP) is 2.07. The van der Waals surface area contributed by atoms with E-state index in [0.717, 1.165) is 0 Å². The molecule has 0 aliphatic heterocycles. The van der Waals surface area contributed by atoms with Crippen LogP contribution in [0.25, 0.3) is 0 Å². The molecule has 1 rings (SSSR count). The number of nitrogens with two attached hydrogens (primary N) is 1. The molecule has 1 atom stereocenters. The quantitative estimate of drug-likeness (QED) is 0.600. The van der Waals surface area contributed by atoms with Gasteiger partial charge in [-0.2, -0.15) is 0 Å². The van der Waals surface area contributed by atoms with Gasteiger partial charge in [0.15, 0.2) is 17.5 Å². The van der Waals surface area contributed by atoms with Gasteiger partial charge >= 0.3 is 0 Å². The van der Waals surface area contributed by atoms with Gasteiger partial charge in [-0.15, -0.1) is 0 Å². The van der Waals surface area contributed by atoms with Gasteiger partial charge in [0, 0.05) is 6.07 Å². The molecule has 3 N–H and O–H groups in total. The summed E-state index contributed by atoms with van der Waals surface area (Å²) in [4.78, 5) is 0. The molecule has 0 saturated heterocycles. The Morgan fingerprint density at radius 1 is 1.13 bits per heavy atom. The molecule has 0 saturated carbocycles. The maximum absolute atomic E-state index is 12.9. The first-order chi connectivity index (χ1) is 6.86. The van der Waals surface area contributed by atoms with Crippen molar-refractivity contribution in [1.29, 1.82) is 0 Å². The number of benzene rings is 1. The molecule has 0 aliphatic carbocycles. The van der Waals surface area contributed by atoms with E-state index < -0.39 is 41.2 Å². The Balaban J connectivity index is 3.36. The van der Waals surface area contributed by atoms with Crippen LogP contribution < -0.4 is 5.73 Å². The fourth-order valence-electron chi connectivity index (χ4n) is 1.04. The predicted molar refractivity (Wildman–Crippen MR) is 40.9 cm³/mol. The van der Waals surface area contributed by atoms with E-state index in [0.29, 0.717) is 0 Å². The van der Waals surface area contributed by atoms with E-state index in [4.69, 9.17) is 10.8 Å². The summed E-state index contributed by atoms with van der Waals surface area (Å²) in [6, 6.07) is -2.02. The molecule has 0 spiro atoms. The van der Waals surface area contributed by atoms with Crippen molar-refractivity contribution in [3.8, 4) is 5.75 Å². The van der Waals surface area contributed by atoms with E-state index in [-0.39, 0.29) is 6.07 Å². The van der Waals surface area contributed by atoms with Crippen molar-refractivity contribution in [1.82, 2.24) is 0 Å². The molecular weight excluding hydrogens is 221 g/mol. The van der Waals surface area contributed by atoms with Gasteiger partial charge in [0.05, 0.1) is 11.6 Å². The number of halogens is 5. The minimum absolute atomic E-state index is 0.190. The number of phenols is 1. The van der Waals surface area contributed by atoms with Crippen LogP contribution in [0.1, 0.15) is 11.6 Å². The van der Waals surface area contributed by atoms with E-state index in [2.05, 4.69) is 0 Å². The first-order valence-corrected chi connectivity index (χ1v) is 3.76. The van der Waals surface area contributed by atoms with E-state index in [9.17, 15) is 22.0 Å². The maximum atomic E-state index is 12.9. The number of phenolic OH excluding ortho intramolecular Hbond substituents is 1. The summed E-state index contributed by atoms with van der Waals surface area (Å²) in [6.07, 6.45) is -3.20. The van der Waals surface area contributed by atoms with Crippen LogP contribution in [0, 0.1) is 17.5 Å². The zero-order valence-electron chi connectivity index (χ0n) is 7.15. The van der Waals surface area contributed by atoms with E-state index in [1.54, 1.807) is 0 Å². The molecule has 7 heteroatoms. The molecule has 84 valence electrons. The van der Waals surface area contributed by atoms with E-state index in [1.165, 1.54) is 0 Å². The lowest BCUT2D eigenvalue weighted by atomic mass is 10.1. The van der Waals surface area contributed by atoms with Crippen molar-refractivity contribution in [2.24, 2.45) is 5.73 Å². The number of aromatic hydroxyl groups is 1. The number of hydrogen-bond acceptors (Lipinski definition) is 2. The van der Waals surface area contributed by atoms with Gasteiger partial charge in [-0.3, -0.25) is 0 Å². The standard InChI is InChI=1S/C8H6F5NO/c9-2-1-3(15)4(6(11)5(2)10)7(14)8(12)13/h1,7-8,15H,14H2/t7-/m1/s1. The minimum Gasteiger partial charge on any atom is -0.507 e. The van der Waals surface area contributed by atoms with Gasteiger partial charge in [-0.1, -0.05) is 0 Å². The van der Waals surface area contributed by atoms with Gasteiger partial charge in [0.25, 0.3) is 6.43 Å². The molecule has 0 radical (unpaired) electrons. The van der Waals surface area contributed by atoms with Crippen molar-refractivity contribution in [3.63, 3.8) is 0 Å². The van der Waals surface area contributed by atoms with E-state index >= 15 is 0 Å². The van der Waals surface area contributed by atoms with Gasteiger partial charge in [-0.25, -0.2) is 22.0 Å². The molecule has 15 heavy (non-hydrogen) atoms. The van der Waals surface area contributed by atoms with Crippen LogP contribution in [0.4, 0.5) is 22.0 Å². The molecule has 0 aliphatic rings. The summed E-state index contributed by atoms with van der Waals surface area (Å²) >= 11 is 0. The van der Waals surface area contributed by atoms with Crippen LogP contribution in [0.15, 0.2) is 6.07 Å². The molecule has 0 heterocycles. The SMILES string of the molecule is N[C@H](c1c(O)cc(F)c(F)c1F)C(F)F. The summed E-state index contributed by atoms with van der Waals surface area (Å²) in [5.41, 5.74) is 3.68. The van der Waals surface area contributed by atoms with Crippen LogP contribution >= 0.6 is 0 Å². The number of rotatable bonds is 2. The van der Waals surface area contributed by atoms with Gasteiger partial charge in [0.2, 0.25) is 0 Å². The fraction of sp³-hybridized carbons (Fsp3) is 0.250. The van der Waals surface area contributed by atoms with Crippen molar-refractivity contribution >= 4 is 0 Å². The zero-order valence-corrected chi connectivity index (χ0v) is 7.15. The fourth-order valence-corrected chi connectivity index (χ4v) is 1.04. The lowest BCUT2D eigenvalue weighted by Gasteiger charge is -2.14. The van der Waals surface area contributed by atoms with Crippen molar-refractivity contribution in [2.45, 2.75) is 12.5 Å². The maximum Gasteiger partial charge on any atom is 0.257 e. The van der Waals surface area contributed by atoms with Crippen LogP contribution in [0.2, 0.25) is 0 Å². The second kappa shape index (κ2) is 4.01. The highest BCUT2D eigenvalue weighted by Crippen LogP contribution is 2.31. The molecular formula is C8H6F5NO. The van der Waals surface area contributed by atoms with Gasteiger partial charge in [0.1, 0.15) is 5.75 Å². The van der Waals surface area contributed by atoms with Crippen molar-refractivity contribution in [3.05, 3.63) is 29.1 Å². The summed E-state index contributed by atoms with van der Waals surface area (Å²) in [7, 11) is 0. The average Bonchev–Trinajstić information content (AvgIpc) is 2.14. The second-order valence-electron chi connectivity index (χ2n) is 2.78. The Labute approximate surface area is 81.1 Å². The van der Waals surface area contributed by atoms with E-state index in [1.807, 2.05) is 0 Å². The molecule has 0 unspecified atom stereocenters. The molecule has 0 aromatic heterocycles. The number of alkyl halides is 2. The van der Waals surface area contributed by atoms with Crippen LogP contribution in [-0.2, 0) is 0 Å². The first kappa shape index (κ1) is 11.7. The van der Waals surface area contributed by atoms with Crippen LogP contribution in [0.3, 0.4) is 0 Å². The molecule has 0 bridgehead atoms. The molecule has 2 nitrogen and oxygen atoms in total. The molecule has 0 fully saturated rings. The number of hydrogen-bond donors (Lipinski definition) is 2. The summed E-state index contributed by atoms with van der Waals surface area (Å²) in [5.74, 6) is -6.66. The van der Waals surface area contributed by atoms with Crippen LogP contribution in [0.5, 0.6) is 5.75 Å². The zero-order chi connectivity index (χ0) is 11.7. The molecule has 1 aromatic rings. The molecule has 1 aromatic carbocycles. The summed E-state index contributed by atoms with van der Waals surface area (Å²) < 4.78 is 62.2. The topological polar surface area (TPSA) is 46.2 Å². The summed E-state index contributed by atoms with van der Waals surface area (Å²) in [6.45, 7) is 0. The second-order valence-corrected chi connectivity index (χ2v) is 2.78. The third-order valence-corrected chi connectivity index (χ3v) is 1.78. The van der Waals surface area contributed by atoms with Crippen molar-refractivity contribution in [2.75, 3.05) is 0 Å². The van der Waals surface area contributed by atoms with Crippen LogP contribution in [-0.4, -0.2) is 11.5 Å². The first-order valence-electron chi connectivity index (χ1n) is 3.76. The van der Waals surface area contributed by atoms with Crippen molar-refractivity contribution < 1.29 is 27.1 Å². The highest BCUT2D eigenvalue weighted by atomic mass is 19.3. The third-order valence-electron chi connectivity index (χ3n) is 1.78. The Kier molecular flexibility index (Phi) is 3.13.